The zero-order chi connectivity index (χ0) is 22.8. The van der Waals surface area contributed by atoms with Crippen LogP contribution in [0.4, 0.5) is 0 Å². The molecule has 0 atom stereocenters. The third-order valence-electron chi connectivity index (χ3n) is 4.99. The Morgan fingerprint density at radius 3 is 2.79 bits per heavy atom. The van der Waals surface area contributed by atoms with Crippen LogP contribution in [0.1, 0.15) is 5.56 Å². The van der Waals surface area contributed by atoms with E-state index < -0.39 is 0 Å². The second kappa shape index (κ2) is 8.65. The van der Waals surface area contributed by atoms with Crippen LogP contribution in [0.2, 0.25) is 5.02 Å². The lowest BCUT2D eigenvalue weighted by Crippen LogP contribution is -2.20. The summed E-state index contributed by atoms with van der Waals surface area (Å²) in [7, 11) is 0. The molecule has 2 heterocycles. The first-order chi connectivity index (χ1) is 16.1. The topological polar surface area (TPSA) is 69.6 Å². The van der Waals surface area contributed by atoms with Gasteiger partial charge in [0.25, 0.3) is 5.56 Å². The van der Waals surface area contributed by atoms with E-state index in [2.05, 4.69) is 16.0 Å². The quantitative estimate of drug-likeness (QED) is 0.265. The van der Waals surface area contributed by atoms with E-state index in [1.807, 2.05) is 36.4 Å². The van der Waals surface area contributed by atoms with E-state index in [0.29, 0.717) is 38.6 Å². The van der Waals surface area contributed by atoms with Crippen molar-refractivity contribution < 1.29 is 9.15 Å². The van der Waals surface area contributed by atoms with Crippen molar-refractivity contribution in [1.82, 2.24) is 9.66 Å². The first kappa shape index (κ1) is 20.6. The van der Waals surface area contributed by atoms with Crippen molar-refractivity contribution in [2.45, 2.75) is 0 Å². The van der Waals surface area contributed by atoms with Crippen LogP contribution in [0.3, 0.4) is 0 Å². The van der Waals surface area contributed by atoms with Gasteiger partial charge in [0.2, 0.25) is 5.82 Å². The molecular formula is C26H16ClN3O3. The van der Waals surface area contributed by atoms with Crippen molar-refractivity contribution in [3.63, 3.8) is 0 Å². The number of nitrogens with zero attached hydrogens (tertiary/aromatic N) is 3. The molecule has 160 valence electrons. The lowest BCUT2D eigenvalue weighted by atomic mass is 10.2. The maximum atomic E-state index is 13.4. The Bertz CT molecular complexity index is 1590. The molecule has 0 saturated carbocycles. The Labute approximate surface area is 193 Å². The number of fused-ring (bicyclic) bond motifs is 2. The molecule has 7 heteroatoms. The Kier molecular flexibility index (Phi) is 5.39. The Balaban J connectivity index is 1.70. The van der Waals surface area contributed by atoms with Crippen molar-refractivity contribution >= 4 is 39.7 Å². The lowest BCUT2D eigenvalue weighted by molar-refractivity contribution is 0.370. The van der Waals surface area contributed by atoms with Gasteiger partial charge in [0.05, 0.1) is 17.1 Å². The minimum atomic E-state index is -0.333. The molecule has 0 aliphatic rings. The van der Waals surface area contributed by atoms with Crippen LogP contribution >= 0.6 is 11.6 Å². The van der Waals surface area contributed by atoms with Crippen molar-refractivity contribution in [1.29, 1.82) is 0 Å². The predicted octanol–water partition coefficient (Wildman–Crippen LogP) is 5.36. The molecule has 0 unspecified atom stereocenters. The van der Waals surface area contributed by atoms with Gasteiger partial charge in [-0.15, -0.1) is 6.42 Å². The van der Waals surface area contributed by atoms with E-state index >= 15 is 0 Å². The summed E-state index contributed by atoms with van der Waals surface area (Å²) in [5.41, 5.74) is 1.46. The van der Waals surface area contributed by atoms with Gasteiger partial charge < -0.3 is 9.15 Å². The largest absolute Gasteiger partial charge is 0.480 e. The molecule has 0 radical (unpaired) electrons. The number of furan rings is 1. The normalized spacial score (nSPS) is 11.3. The van der Waals surface area contributed by atoms with E-state index in [1.165, 1.54) is 10.9 Å². The smallest absolute Gasteiger partial charge is 0.282 e. The summed E-state index contributed by atoms with van der Waals surface area (Å²) >= 11 is 6.16. The van der Waals surface area contributed by atoms with Gasteiger partial charge in [0, 0.05) is 16.0 Å². The van der Waals surface area contributed by atoms with Crippen molar-refractivity contribution in [2.75, 3.05) is 6.61 Å². The van der Waals surface area contributed by atoms with Gasteiger partial charge >= 0.3 is 0 Å². The third kappa shape index (κ3) is 3.98. The van der Waals surface area contributed by atoms with Gasteiger partial charge in [-0.25, -0.2) is 4.98 Å². The van der Waals surface area contributed by atoms with Crippen LogP contribution in [0, 0.1) is 12.3 Å². The van der Waals surface area contributed by atoms with Gasteiger partial charge in [-0.2, -0.15) is 9.78 Å². The average Bonchev–Trinajstić information content (AvgIpc) is 3.27. The predicted molar refractivity (Wildman–Crippen MR) is 130 cm³/mol. The first-order valence-corrected chi connectivity index (χ1v) is 10.4. The van der Waals surface area contributed by atoms with Gasteiger partial charge in [-0.3, -0.25) is 4.79 Å². The van der Waals surface area contributed by atoms with Crippen LogP contribution in [-0.4, -0.2) is 22.5 Å². The van der Waals surface area contributed by atoms with E-state index in [9.17, 15) is 4.79 Å². The van der Waals surface area contributed by atoms with Crippen LogP contribution in [0.25, 0.3) is 33.5 Å². The van der Waals surface area contributed by atoms with Crippen molar-refractivity contribution in [3.05, 3.63) is 93.7 Å². The molecule has 0 saturated heterocycles. The molecule has 0 spiro atoms. The second-order valence-corrected chi connectivity index (χ2v) is 7.57. The highest BCUT2D eigenvalue weighted by Crippen LogP contribution is 2.27. The number of halogens is 1. The highest BCUT2D eigenvalue weighted by atomic mass is 35.5. The van der Waals surface area contributed by atoms with Gasteiger partial charge in [-0.05, 0) is 42.5 Å². The Morgan fingerprint density at radius 2 is 1.94 bits per heavy atom. The van der Waals surface area contributed by atoms with E-state index in [4.69, 9.17) is 27.2 Å². The average molecular weight is 454 g/mol. The number of benzene rings is 3. The summed E-state index contributed by atoms with van der Waals surface area (Å²) in [6.45, 7) is 0.0875. The molecule has 5 rings (SSSR count). The number of terminal acetylenes is 1. The fraction of sp³-hybridized carbons (Fsp3) is 0.0385. The molecule has 0 fully saturated rings. The van der Waals surface area contributed by atoms with Crippen molar-refractivity contribution in [2.24, 2.45) is 5.10 Å². The van der Waals surface area contributed by atoms with Crippen LogP contribution in [0.15, 0.2) is 87.1 Å². The highest BCUT2D eigenvalue weighted by Gasteiger charge is 2.16. The van der Waals surface area contributed by atoms with Crippen LogP contribution in [-0.2, 0) is 0 Å². The van der Waals surface area contributed by atoms with Crippen LogP contribution in [0.5, 0.6) is 5.75 Å². The molecule has 0 aliphatic heterocycles. The number of hydrogen-bond donors (Lipinski definition) is 0. The summed E-state index contributed by atoms with van der Waals surface area (Å²) < 4.78 is 12.8. The standard InChI is InChI=1S/C26H16ClN3O3/c1-2-13-32-22-12-11-19(27)14-18(22)16-28-30-25(24-15-17-7-3-6-10-23(17)33-24)29-21-9-5-4-8-20(21)26(30)31/h1,3-12,14-16H,13H2/b28-16-. The van der Waals surface area contributed by atoms with E-state index in [1.54, 1.807) is 36.4 Å². The minimum absolute atomic E-state index is 0.0875. The molecule has 5 aromatic rings. The molecule has 0 bridgehead atoms. The second-order valence-electron chi connectivity index (χ2n) is 7.14. The number of ether oxygens (including phenoxy) is 1. The summed E-state index contributed by atoms with van der Waals surface area (Å²) in [5, 5.41) is 6.27. The lowest BCUT2D eigenvalue weighted by Gasteiger charge is -2.09. The SMILES string of the molecule is C#CCOc1ccc(Cl)cc1/C=N\n1c(-c2cc3ccccc3o2)nc2ccccc2c1=O. The Hall–Kier alpha value is -4.34. The van der Waals surface area contributed by atoms with Gasteiger partial charge in [0.15, 0.2) is 5.76 Å². The first-order valence-electron chi connectivity index (χ1n) is 10.0. The minimum Gasteiger partial charge on any atom is -0.480 e. The van der Waals surface area contributed by atoms with Crippen molar-refractivity contribution in [3.8, 4) is 29.7 Å². The molecule has 0 aliphatic carbocycles. The molecule has 2 aromatic heterocycles. The summed E-state index contributed by atoms with van der Waals surface area (Å²) in [6.07, 6.45) is 6.80. The zero-order valence-electron chi connectivity index (χ0n) is 17.2. The maximum absolute atomic E-state index is 13.4. The molecule has 0 N–H and O–H groups in total. The van der Waals surface area contributed by atoms with Crippen LogP contribution < -0.4 is 10.3 Å². The molecule has 0 amide bonds. The maximum Gasteiger partial charge on any atom is 0.282 e. The fourth-order valence-electron chi connectivity index (χ4n) is 3.47. The number of hydrogen-bond acceptors (Lipinski definition) is 5. The fourth-order valence-corrected chi connectivity index (χ4v) is 3.65. The third-order valence-corrected chi connectivity index (χ3v) is 5.23. The highest BCUT2D eigenvalue weighted by molar-refractivity contribution is 6.30. The molecule has 6 nitrogen and oxygen atoms in total. The zero-order valence-corrected chi connectivity index (χ0v) is 18.0. The van der Waals surface area contributed by atoms with E-state index in [0.717, 1.165) is 5.39 Å². The number of para-hydroxylation sites is 2. The summed E-state index contributed by atoms with van der Waals surface area (Å²) in [6, 6.07) is 21.6. The number of aromatic nitrogens is 2. The summed E-state index contributed by atoms with van der Waals surface area (Å²) in [5.74, 6) is 3.62. The Morgan fingerprint density at radius 1 is 1.12 bits per heavy atom. The van der Waals surface area contributed by atoms with E-state index in [-0.39, 0.29) is 18.0 Å². The molecule has 33 heavy (non-hydrogen) atoms. The molecular weight excluding hydrogens is 438 g/mol. The molecule has 3 aromatic carbocycles. The number of rotatable bonds is 5. The monoisotopic (exact) mass is 453 g/mol. The van der Waals surface area contributed by atoms with Gasteiger partial charge in [0.1, 0.15) is 17.9 Å². The summed E-state index contributed by atoms with van der Waals surface area (Å²) in [4.78, 5) is 18.0. The van der Waals surface area contributed by atoms with Gasteiger partial charge in [-0.1, -0.05) is 47.9 Å².